The molecule has 0 aromatic heterocycles. The second-order valence-corrected chi connectivity index (χ2v) is 8.60. The summed E-state index contributed by atoms with van der Waals surface area (Å²) < 4.78 is 12.8. The fourth-order valence-electron chi connectivity index (χ4n) is 3.79. The van der Waals surface area contributed by atoms with Crippen molar-refractivity contribution in [1.29, 1.82) is 0 Å². The van der Waals surface area contributed by atoms with E-state index in [0.717, 1.165) is 46.2 Å². The number of halogens is 2. The van der Waals surface area contributed by atoms with Gasteiger partial charge in [0, 0.05) is 24.2 Å². The first-order valence-corrected chi connectivity index (χ1v) is 11.5. The summed E-state index contributed by atoms with van der Waals surface area (Å²) in [5, 5.41) is 4.34. The van der Waals surface area contributed by atoms with Gasteiger partial charge < -0.3 is 14.8 Å². The molecule has 6 heteroatoms. The molecule has 4 nitrogen and oxygen atoms in total. The maximum Gasteiger partial charge on any atom is 0.175 e. The molecule has 2 aromatic carbocycles. The molecule has 1 aliphatic heterocycles. The van der Waals surface area contributed by atoms with Gasteiger partial charge >= 0.3 is 0 Å². The van der Waals surface area contributed by atoms with Gasteiger partial charge in [0.15, 0.2) is 11.5 Å². The van der Waals surface area contributed by atoms with Crippen LogP contribution in [0.1, 0.15) is 37.8 Å². The number of nitrogens with one attached hydrogen (secondary N) is 1. The molecular weight excluding hydrogens is 452 g/mol. The molecule has 3 rings (SSSR count). The minimum Gasteiger partial charge on any atom is -0.490 e. The van der Waals surface area contributed by atoms with Gasteiger partial charge in [0.1, 0.15) is 6.61 Å². The predicted octanol–water partition coefficient (Wildman–Crippen LogP) is 5.65. The van der Waals surface area contributed by atoms with E-state index in [1.54, 1.807) is 0 Å². The first kappa shape index (κ1) is 22.4. The molecule has 158 valence electrons. The van der Waals surface area contributed by atoms with E-state index >= 15 is 0 Å². The highest BCUT2D eigenvalue weighted by atomic mass is 79.9. The van der Waals surface area contributed by atoms with Crippen molar-refractivity contribution in [3.8, 4) is 11.5 Å². The van der Waals surface area contributed by atoms with Gasteiger partial charge in [-0.15, -0.1) is 0 Å². The molecule has 0 radical (unpaired) electrons. The number of nitrogens with zero attached hydrogens (tertiary/aromatic N) is 1. The Morgan fingerprint density at radius 3 is 2.66 bits per heavy atom. The quantitative estimate of drug-likeness (QED) is 0.475. The fourth-order valence-corrected chi connectivity index (χ4v) is 4.52. The Balaban J connectivity index is 1.63. The molecule has 0 saturated carbocycles. The van der Waals surface area contributed by atoms with Crippen molar-refractivity contribution in [1.82, 2.24) is 10.2 Å². The summed E-state index contributed by atoms with van der Waals surface area (Å²) in [5.41, 5.74) is 2.24. The Morgan fingerprint density at radius 1 is 1.14 bits per heavy atom. The summed E-state index contributed by atoms with van der Waals surface area (Å²) in [6.07, 6.45) is 2.59. The zero-order valence-electron chi connectivity index (χ0n) is 17.2. The molecule has 1 N–H and O–H groups in total. The number of rotatable bonds is 10. The van der Waals surface area contributed by atoms with E-state index in [9.17, 15) is 0 Å². The van der Waals surface area contributed by atoms with Crippen molar-refractivity contribution in [2.45, 2.75) is 45.9 Å². The number of likely N-dealkylation sites (N-methyl/N-ethyl adjacent to an activating group) is 1. The van der Waals surface area contributed by atoms with Crippen LogP contribution >= 0.6 is 27.5 Å². The van der Waals surface area contributed by atoms with Crippen LogP contribution in [0.4, 0.5) is 0 Å². The lowest BCUT2D eigenvalue weighted by Gasteiger charge is -2.23. The molecule has 29 heavy (non-hydrogen) atoms. The van der Waals surface area contributed by atoms with Crippen molar-refractivity contribution in [3.63, 3.8) is 0 Å². The Hall–Kier alpha value is -1.27. The minimum absolute atomic E-state index is 0.460. The Kier molecular flexibility index (Phi) is 8.67. The highest BCUT2D eigenvalue weighted by Gasteiger charge is 2.22. The van der Waals surface area contributed by atoms with E-state index < -0.39 is 0 Å². The summed E-state index contributed by atoms with van der Waals surface area (Å²) in [7, 11) is 0. The fraction of sp³-hybridized carbons (Fsp3) is 0.478. The maximum atomic E-state index is 6.07. The number of hydrogen-bond donors (Lipinski definition) is 1. The van der Waals surface area contributed by atoms with Crippen LogP contribution in [0.25, 0.3) is 0 Å². The van der Waals surface area contributed by atoms with Crippen molar-refractivity contribution in [2.75, 3.05) is 26.2 Å². The van der Waals surface area contributed by atoms with Gasteiger partial charge in [-0.1, -0.05) is 30.7 Å². The Morgan fingerprint density at radius 2 is 1.93 bits per heavy atom. The van der Waals surface area contributed by atoms with Gasteiger partial charge in [-0.25, -0.2) is 0 Å². The molecule has 1 heterocycles. The Bertz CT molecular complexity index is 785. The average Bonchev–Trinajstić information content (AvgIpc) is 3.16. The number of likely N-dealkylation sites (tertiary alicyclic amines) is 1. The smallest absolute Gasteiger partial charge is 0.175 e. The molecule has 2 aromatic rings. The molecule has 0 aliphatic carbocycles. The average molecular weight is 482 g/mol. The monoisotopic (exact) mass is 480 g/mol. The number of benzene rings is 2. The normalized spacial score (nSPS) is 16.9. The van der Waals surface area contributed by atoms with Crippen LogP contribution in [0.5, 0.6) is 11.5 Å². The molecule has 0 unspecified atom stereocenters. The lowest BCUT2D eigenvalue weighted by atomic mass is 10.1. The van der Waals surface area contributed by atoms with Crippen LogP contribution in [-0.2, 0) is 13.2 Å². The molecule has 0 amide bonds. The standard InChI is InChI=1S/C23H30BrClN2O2/c1-3-27-11-5-6-20(27)15-26-14-18-12-21(24)23(22(13-18)28-4-2)29-16-17-7-9-19(25)10-8-17/h7-10,12-13,20,26H,3-6,11,14-16H2,1-2H3/t20-/m1/s1. The summed E-state index contributed by atoms with van der Waals surface area (Å²) >= 11 is 9.63. The highest BCUT2D eigenvalue weighted by Crippen LogP contribution is 2.37. The van der Waals surface area contributed by atoms with E-state index in [1.165, 1.54) is 24.9 Å². The summed E-state index contributed by atoms with van der Waals surface area (Å²) in [4.78, 5) is 2.56. The zero-order chi connectivity index (χ0) is 20.6. The maximum absolute atomic E-state index is 6.07. The van der Waals surface area contributed by atoms with Crippen LogP contribution in [0.2, 0.25) is 5.02 Å². The van der Waals surface area contributed by atoms with Crippen molar-refractivity contribution in [3.05, 3.63) is 57.0 Å². The van der Waals surface area contributed by atoms with Gasteiger partial charge in [0.25, 0.3) is 0 Å². The van der Waals surface area contributed by atoms with Gasteiger partial charge in [-0.3, -0.25) is 4.90 Å². The second kappa shape index (κ2) is 11.2. The van der Waals surface area contributed by atoms with Gasteiger partial charge in [-0.05, 0) is 84.2 Å². The molecule has 1 saturated heterocycles. The predicted molar refractivity (Wildman–Crippen MR) is 123 cm³/mol. The van der Waals surface area contributed by atoms with E-state index in [0.29, 0.717) is 19.3 Å². The summed E-state index contributed by atoms with van der Waals surface area (Å²) in [6, 6.07) is 12.5. The van der Waals surface area contributed by atoms with Crippen LogP contribution in [0.15, 0.2) is 40.9 Å². The van der Waals surface area contributed by atoms with Crippen LogP contribution in [0.3, 0.4) is 0 Å². The van der Waals surface area contributed by atoms with E-state index in [1.807, 2.05) is 31.2 Å². The highest BCUT2D eigenvalue weighted by molar-refractivity contribution is 9.10. The lowest BCUT2D eigenvalue weighted by molar-refractivity contribution is 0.259. The van der Waals surface area contributed by atoms with Gasteiger partial charge in [0.2, 0.25) is 0 Å². The molecule has 1 atom stereocenters. The first-order valence-electron chi connectivity index (χ1n) is 10.4. The second-order valence-electron chi connectivity index (χ2n) is 7.31. The van der Waals surface area contributed by atoms with Crippen molar-refractivity contribution >= 4 is 27.5 Å². The molecule has 0 bridgehead atoms. The lowest BCUT2D eigenvalue weighted by Crippen LogP contribution is -2.37. The van der Waals surface area contributed by atoms with Gasteiger partial charge in [0.05, 0.1) is 11.1 Å². The number of ether oxygens (including phenoxy) is 2. The van der Waals surface area contributed by atoms with Crippen LogP contribution < -0.4 is 14.8 Å². The first-order chi connectivity index (χ1) is 14.1. The van der Waals surface area contributed by atoms with Gasteiger partial charge in [-0.2, -0.15) is 0 Å². The van der Waals surface area contributed by atoms with E-state index in [2.05, 4.69) is 45.2 Å². The molecular formula is C23H30BrClN2O2. The Labute approximate surface area is 187 Å². The molecule has 1 aliphatic rings. The third-order valence-electron chi connectivity index (χ3n) is 5.28. The summed E-state index contributed by atoms with van der Waals surface area (Å²) in [5.74, 6) is 1.50. The molecule has 0 spiro atoms. The van der Waals surface area contributed by atoms with Crippen LogP contribution in [-0.4, -0.2) is 37.2 Å². The number of hydrogen-bond acceptors (Lipinski definition) is 4. The third-order valence-corrected chi connectivity index (χ3v) is 6.12. The third kappa shape index (κ3) is 6.35. The van der Waals surface area contributed by atoms with Crippen molar-refractivity contribution < 1.29 is 9.47 Å². The largest absolute Gasteiger partial charge is 0.490 e. The summed E-state index contributed by atoms with van der Waals surface area (Å²) in [6.45, 7) is 9.47. The van der Waals surface area contributed by atoms with E-state index in [-0.39, 0.29) is 0 Å². The van der Waals surface area contributed by atoms with Crippen LogP contribution in [0, 0.1) is 0 Å². The zero-order valence-corrected chi connectivity index (χ0v) is 19.6. The van der Waals surface area contributed by atoms with E-state index in [4.69, 9.17) is 21.1 Å². The minimum atomic E-state index is 0.460. The molecule has 1 fully saturated rings. The van der Waals surface area contributed by atoms with Crippen molar-refractivity contribution in [2.24, 2.45) is 0 Å². The SMILES string of the molecule is CCOc1cc(CNC[C@H]2CCCN2CC)cc(Br)c1OCc1ccc(Cl)cc1. The topological polar surface area (TPSA) is 33.7 Å².